The second-order valence-electron chi connectivity index (χ2n) is 12.9. The summed E-state index contributed by atoms with van der Waals surface area (Å²) in [7, 11) is 0. The van der Waals surface area contributed by atoms with Gasteiger partial charge in [0.15, 0.2) is 0 Å². The first-order chi connectivity index (χ1) is 21.6. The quantitative estimate of drug-likeness (QED) is 0.0800. The van der Waals surface area contributed by atoms with Gasteiger partial charge in [-0.3, -0.25) is 19.2 Å². The molecule has 0 aromatic heterocycles. The van der Waals surface area contributed by atoms with Crippen molar-refractivity contribution in [3.8, 4) is 0 Å². The number of nitrogens with one attached hydrogen (secondary N) is 3. The van der Waals surface area contributed by atoms with Crippen LogP contribution < -0.4 is 21.8 Å². The lowest BCUT2D eigenvalue weighted by molar-refractivity contribution is -0.160. The standard InChI is InChI=1S/C29H49ClN8O8/c1-18(2)22(23(31)39)34-25(41)20-11-8-15-36(20)26(42)19(10-6-7-14-32-46-27(43)29(3,4)5)33-24(40)21-12-9-16-37(21)28(44)38(35-45)17-13-30/h18-22,32H,6-17H2,1-5H3,(H2,31,39)(H,33,40)(H,34,41)/t19-,20-,21-,22-/m0/s1. The highest BCUT2D eigenvalue weighted by Crippen LogP contribution is 2.23. The lowest BCUT2D eigenvalue weighted by atomic mass is 9.98. The number of halogens is 1. The van der Waals surface area contributed by atoms with Gasteiger partial charge in [0, 0.05) is 25.5 Å². The van der Waals surface area contributed by atoms with E-state index in [1.807, 2.05) is 0 Å². The molecule has 0 aromatic carbocycles. The molecule has 2 fully saturated rings. The molecule has 5 N–H and O–H groups in total. The van der Waals surface area contributed by atoms with Crippen LogP contribution in [0.15, 0.2) is 5.29 Å². The monoisotopic (exact) mass is 672 g/mol. The fourth-order valence-electron chi connectivity index (χ4n) is 5.33. The summed E-state index contributed by atoms with van der Waals surface area (Å²) in [4.78, 5) is 96.4. The Kier molecular flexibility index (Phi) is 15.1. The van der Waals surface area contributed by atoms with Crippen molar-refractivity contribution >= 4 is 47.2 Å². The summed E-state index contributed by atoms with van der Waals surface area (Å²) in [5.41, 5.74) is 7.41. The van der Waals surface area contributed by atoms with Crippen molar-refractivity contribution in [3.05, 3.63) is 4.91 Å². The minimum Gasteiger partial charge on any atom is -0.370 e. The van der Waals surface area contributed by atoms with Crippen LogP contribution in [0.4, 0.5) is 4.79 Å². The van der Waals surface area contributed by atoms with Crippen molar-refractivity contribution < 1.29 is 33.6 Å². The van der Waals surface area contributed by atoms with Gasteiger partial charge in [-0.15, -0.1) is 16.5 Å². The number of alkyl halides is 1. The van der Waals surface area contributed by atoms with E-state index < -0.39 is 65.2 Å². The number of carbonyl (C=O) groups excluding carboxylic acids is 6. The minimum atomic E-state index is -1.05. The Morgan fingerprint density at radius 1 is 0.978 bits per heavy atom. The van der Waals surface area contributed by atoms with Gasteiger partial charge in [-0.2, -0.15) is 10.5 Å². The number of amides is 6. The highest BCUT2D eigenvalue weighted by molar-refractivity contribution is 6.18. The maximum Gasteiger partial charge on any atom is 0.343 e. The summed E-state index contributed by atoms with van der Waals surface area (Å²) >= 11 is 5.69. The van der Waals surface area contributed by atoms with Gasteiger partial charge in [0.2, 0.25) is 23.6 Å². The van der Waals surface area contributed by atoms with E-state index in [1.54, 1.807) is 34.6 Å². The molecule has 0 aliphatic carbocycles. The van der Waals surface area contributed by atoms with E-state index in [9.17, 15) is 33.7 Å². The molecular weight excluding hydrogens is 624 g/mol. The molecule has 6 amide bonds. The zero-order valence-electron chi connectivity index (χ0n) is 27.4. The van der Waals surface area contributed by atoms with Crippen LogP contribution >= 0.6 is 11.6 Å². The van der Waals surface area contributed by atoms with Crippen LogP contribution in [0, 0.1) is 16.2 Å². The molecule has 260 valence electrons. The third-order valence-electron chi connectivity index (χ3n) is 7.94. The molecule has 16 nitrogen and oxygen atoms in total. The van der Waals surface area contributed by atoms with Gasteiger partial charge in [0.05, 0.1) is 17.2 Å². The lowest BCUT2D eigenvalue weighted by Crippen LogP contribution is -2.58. The Labute approximate surface area is 274 Å². The molecule has 2 aliphatic rings. The molecule has 0 radical (unpaired) electrons. The number of rotatable bonds is 16. The number of hydroxylamine groups is 1. The van der Waals surface area contributed by atoms with Crippen molar-refractivity contribution in [2.75, 3.05) is 32.1 Å². The average molecular weight is 673 g/mol. The highest BCUT2D eigenvalue weighted by Gasteiger charge is 2.41. The molecule has 0 unspecified atom stereocenters. The van der Waals surface area contributed by atoms with Crippen molar-refractivity contribution in [2.24, 2.45) is 22.4 Å². The van der Waals surface area contributed by atoms with Crippen LogP contribution in [0.3, 0.4) is 0 Å². The molecule has 46 heavy (non-hydrogen) atoms. The number of nitrogens with two attached hydrogens (primary N) is 1. The average Bonchev–Trinajstić information content (AvgIpc) is 3.68. The molecule has 2 aliphatic heterocycles. The van der Waals surface area contributed by atoms with E-state index in [2.05, 4.69) is 21.4 Å². The highest BCUT2D eigenvalue weighted by atomic mass is 35.5. The van der Waals surface area contributed by atoms with Crippen LogP contribution in [0.5, 0.6) is 0 Å². The predicted octanol–water partition coefficient (Wildman–Crippen LogP) is 1.16. The van der Waals surface area contributed by atoms with Crippen molar-refractivity contribution in [3.63, 3.8) is 0 Å². The zero-order chi connectivity index (χ0) is 34.6. The fraction of sp³-hybridized carbons (Fsp3) is 0.793. The number of hydrogen-bond donors (Lipinski definition) is 4. The molecule has 0 spiro atoms. The Balaban J connectivity index is 2.18. The number of likely N-dealkylation sites (tertiary alicyclic amines) is 2. The molecule has 17 heteroatoms. The van der Waals surface area contributed by atoms with Crippen LogP contribution in [0.25, 0.3) is 0 Å². The summed E-state index contributed by atoms with van der Waals surface area (Å²) in [6, 6.07) is -4.52. The number of carbonyl (C=O) groups is 6. The van der Waals surface area contributed by atoms with Gasteiger partial charge in [-0.1, -0.05) is 13.8 Å². The molecule has 2 rings (SSSR count). The lowest BCUT2D eigenvalue weighted by Gasteiger charge is -2.32. The van der Waals surface area contributed by atoms with Gasteiger partial charge in [0.1, 0.15) is 24.2 Å². The SMILES string of the molecule is CC(C)[C@H](NC(=O)[C@@H]1CCCN1C(=O)[C@H](CCCCNOC(=O)C(C)(C)C)NC(=O)[C@@H]1CCCN1C(=O)N(CCCl)N=O)C(N)=O. The Bertz CT molecular complexity index is 1120. The second kappa shape index (κ2) is 18.0. The first-order valence-electron chi connectivity index (χ1n) is 15.8. The first kappa shape index (κ1) is 38.7. The van der Waals surface area contributed by atoms with E-state index >= 15 is 0 Å². The molecule has 2 saturated heterocycles. The third kappa shape index (κ3) is 10.8. The van der Waals surface area contributed by atoms with E-state index in [0.29, 0.717) is 50.1 Å². The molecule has 0 aromatic rings. The van der Waals surface area contributed by atoms with Gasteiger partial charge >= 0.3 is 12.0 Å². The fourth-order valence-corrected chi connectivity index (χ4v) is 5.49. The maximum atomic E-state index is 13.9. The molecule has 2 heterocycles. The van der Waals surface area contributed by atoms with Crippen molar-refractivity contribution in [1.82, 2.24) is 30.9 Å². The Hall–Kier alpha value is -3.53. The molecular formula is C29H49ClN8O8. The first-order valence-corrected chi connectivity index (χ1v) is 16.3. The van der Waals surface area contributed by atoms with Gasteiger partial charge in [0.25, 0.3) is 0 Å². The van der Waals surface area contributed by atoms with Crippen LogP contribution in [0.1, 0.15) is 79.6 Å². The number of hydrogen-bond acceptors (Lipinski definition) is 10. The number of urea groups is 1. The molecule has 4 atom stereocenters. The predicted molar refractivity (Wildman–Crippen MR) is 168 cm³/mol. The molecule has 0 bridgehead atoms. The maximum absolute atomic E-state index is 13.9. The van der Waals surface area contributed by atoms with Gasteiger partial charge in [-0.05, 0) is 71.6 Å². The Morgan fingerprint density at radius 2 is 1.57 bits per heavy atom. The summed E-state index contributed by atoms with van der Waals surface area (Å²) in [5, 5.41) is 8.83. The van der Waals surface area contributed by atoms with E-state index in [0.717, 1.165) is 0 Å². The van der Waals surface area contributed by atoms with Gasteiger partial charge < -0.3 is 31.0 Å². The van der Waals surface area contributed by atoms with Crippen molar-refractivity contribution in [1.29, 1.82) is 0 Å². The zero-order valence-corrected chi connectivity index (χ0v) is 28.1. The van der Waals surface area contributed by atoms with E-state index in [1.165, 1.54) is 9.80 Å². The number of unbranched alkanes of at least 4 members (excludes halogenated alkanes) is 1. The number of nitroso groups, excluding NO2 is 1. The largest absolute Gasteiger partial charge is 0.370 e. The topological polar surface area (TPSA) is 213 Å². The van der Waals surface area contributed by atoms with Crippen LogP contribution in [0.2, 0.25) is 0 Å². The van der Waals surface area contributed by atoms with E-state index in [-0.39, 0.29) is 37.9 Å². The van der Waals surface area contributed by atoms with Crippen LogP contribution in [-0.4, -0.2) is 107 Å². The molecule has 0 saturated carbocycles. The van der Waals surface area contributed by atoms with E-state index in [4.69, 9.17) is 22.2 Å². The van der Waals surface area contributed by atoms with Crippen molar-refractivity contribution in [2.45, 2.75) is 104 Å². The summed E-state index contributed by atoms with van der Waals surface area (Å²) in [6.07, 6.45) is 2.83. The number of primary amides is 1. The summed E-state index contributed by atoms with van der Waals surface area (Å²) < 4.78 is 0. The summed E-state index contributed by atoms with van der Waals surface area (Å²) in [5.74, 6) is -2.96. The summed E-state index contributed by atoms with van der Waals surface area (Å²) in [6.45, 7) is 9.32. The minimum absolute atomic E-state index is 0.0229. The Morgan fingerprint density at radius 3 is 2.11 bits per heavy atom. The number of nitrogens with zero attached hydrogens (tertiary/aromatic N) is 4. The normalized spacial score (nSPS) is 19.4. The van der Waals surface area contributed by atoms with Gasteiger partial charge in [-0.25, -0.2) is 9.59 Å². The smallest absolute Gasteiger partial charge is 0.343 e. The van der Waals surface area contributed by atoms with Crippen LogP contribution in [-0.2, 0) is 28.8 Å². The second-order valence-corrected chi connectivity index (χ2v) is 13.3. The third-order valence-corrected chi connectivity index (χ3v) is 8.11.